The van der Waals surface area contributed by atoms with Gasteiger partial charge in [-0.25, -0.2) is 19.6 Å². The minimum Gasteiger partial charge on any atom is -0.246 e. The fourth-order valence-corrected chi connectivity index (χ4v) is 3.20. The molecule has 1 aromatic carbocycles. The summed E-state index contributed by atoms with van der Waals surface area (Å²) in [6, 6.07) is 10.4. The molecule has 0 fully saturated rings. The molecule has 6 nitrogen and oxygen atoms in total. The van der Waals surface area contributed by atoms with E-state index in [0.717, 1.165) is 28.4 Å². The van der Waals surface area contributed by atoms with Gasteiger partial charge in [0.15, 0.2) is 0 Å². The Morgan fingerprint density at radius 3 is 2.71 bits per heavy atom. The lowest BCUT2D eigenvalue weighted by Gasteiger charge is -1.97. The highest BCUT2D eigenvalue weighted by atomic mass is 32.1. The maximum absolute atomic E-state index is 4.69. The molecule has 118 valence electrons. The van der Waals surface area contributed by atoms with Gasteiger partial charge < -0.3 is 0 Å². The number of thiazole rings is 1. The van der Waals surface area contributed by atoms with E-state index in [0.29, 0.717) is 6.54 Å². The van der Waals surface area contributed by atoms with E-state index in [1.54, 1.807) is 28.4 Å². The Hall–Kier alpha value is -2.93. The Bertz CT molecular complexity index is 916. The van der Waals surface area contributed by atoms with Gasteiger partial charge in [0.25, 0.3) is 0 Å². The number of hydrogen-bond acceptors (Lipinski definition) is 6. The predicted octanol–water partition coefficient (Wildman–Crippen LogP) is 2.83. The summed E-state index contributed by atoms with van der Waals surface area (Å²) >= 11 is 1.67. The summed E-state index contributed by atoms with van der Waals surface area (Å²) in [5.41, 5.74) is 3.87. The molecule has 0 atom stereocenters. The van der Waals surface area contributed by atoms with Crippen LogP contribution >= 0.6 is 11.3 Å². The molecule has 0 saturated heterocycles. The molecule has 0 bridgehead atoms. The predicted molar refractivity (Wildman–Crippen MR) is 91.5 cm³/mol. The van der Waals surface area contributed by atoms with Crippen LogP contribution in [0.3, 0.4) is 0 Å². The zero-order valence-corrected chi connectivity index (χ0v) is 13.6. The average molecular weight is 334 g/mol. The molecule has 0 aliphatic carbocycles. The first kappa shape index (κ1) is 14.6. The molecule has 4 rings (SSSR count). The molecule has 3 aromatic heterocycles. The minimum atomic E-state index is 0.603. The molecule has 7 heteroatoms. The van der Waals surface area contributed by atoms with Gasteiger partial charge in [-0.2, -0.15) is 0 Å². The molecular weight excluding hydrogens is 320 g/mol. The Balaban J connectivity index is 1.46. The standard InChI is InChI=1S/C17H14N6S/c1-2-4-13(5-3-1)6-17-20-15(11-24-17)9-23-10-16(21-22-23)14-7-18-12-19-8-14/h1-5,7-8,10-12H,6,9H2. The molecule has 0 aliphatic rings. The average Bonchev–Trinajstić information content (AvgIpc) is 3.27. The first-order chi connectivity index (χ1) is 11.9. The summed E-state index contributed by atoms with van der Waals surface area (Å²) < 4.78 is 1.78. The molecule has 3 heterocycles. The van der Waals surface area contributed by atoms with Crippen molar-refractivity contribution in [2.24, 2.45) is 0 Å². The van der Waals surface area contributed by atoms with Crippen LogP contribution in [0, 0.1) is 0 Å². The third kappa shape index (κ3) is 3.36. The lowest BCUT2D eigenvalue weighted by molar-refractivity contribution is 0.640. The van der Waals surface area contributed by atoms with Gasteiger partial charge in [0.1, 0.15) is 12.0 Å². The van der Waals surface area contributed by atoms with Gasteiger partial charge >= 0.3 is 0 Å². The highest BCUT2D eigenvalue weighted by Gasteiger charge is 2.07. The molecule has 0 spiro atoms. The molecule has 0 aliphatic heterocycles. The summed E-state index contributed by atoms with van der Waals surface area (Å²) in [5.74, 6) is 0. The van der Waals surface area contributed by atoms with E-state index in [-0.39, 0.29) is 0 Å². The van der Waals surface area contributed by atoms with Crippen molar-refractivity contribution in [2.75, 3.05) is 0 Å². The second-order valence-corrected chi connectivity index (χ2v) is 6.27. The summed E-state index contributed by atoms with van der Waals surface area (Å²) in [6.07, 6.45) is 7.69. The lowest BCUT2D eigenvalue weighted by atomic mass is 10.2. The molecule has 0 unspecified atom stereocenters. The van der Waals surface area contributed by atoms with Crippen molar-refractivity contribution >= 4 is 11.3 Å². The van der Waals surface area contributed by atoms with Crippen molar-refractivity contribution in [1.29, 1.82) is 0 Å². The van der Waals surface area contributed by atoms with E-state index in [4.69, 9.17) is 0 Å². The Labute approximate surface area is 142 Å². The van der Waals surface area contributed by atoms with E-state index in [9.17, 15) is 0 Å². The van der Waals surface area contributed by atoms with E-state index < -0.39 is 0 Å². The smallest absolute Gasteiger partial charge is 0.116 e. The van der Waals surface area contributed by atoms with Crippen LogP contribution in [0.5, 0.6) is 0 Å². The van der Waals surface area contributed by atoms with Crippen LogP contribution in [-0.2, 0) is 13.0 Å². The van der Waals surface area contributed by atoms with Crippen molar-refractivity contribution in [3.8, 4) is 11.3 Å². The molecule has 4 aromatic rings. The van der Waals surface area contributed by atoms with Crippen LogP contribution in [-0.4, -0.2) is 29.9 Å². The van der Waals surface area contributed by atoms with Crippen molar-refractivity contribution in [3.05, 3.63) is 76.9 Å². The van der Waals surface area contributed by atoms with E-state index >= 15 is 0 Å². The topological polar surface area (TPSA) is 69.4 Å². The van der Waals surface area contributed by atoms with Crippen LogP contribution in [0.1, 0.15) is 16.3 Å². The van der Waals surface area contributed by atoms with Crippen LogP contribution in [0.15, 0.2) is 60.6 Å². The molecule has 0 saturated carbocycles. The van der Waals surface area contributed by atoms with Crippen molar-refractivity contribution < 1.29 is 0 Å². The number of benzene rings is 1. The lowest BCUT2D eigenvalue weighted by Crippen LogP contribution is -2.01. The SMILES string of the molecule is c1ccc(Cc2nc(Cn3cc(-c4cncnc4)nn3)cs2)cc1. The van der Waals surface area contributed by atoms with Gasteiger partial charge in [0.2, 0.25) is 0 Å². The first-order valence-corrected chi connectivity index (χ1v) is 8.37. The molecule has 0 amide bonds. The molecule has 0 N–H and O–H groups in total. The van der Waals surface area contributed by atoms with Gasteiger partial charge in [-0.1, -0.05) is 35.5 Å². The number of hydrogen-bond donors (Lipinski definition) is 0. The highest BCUT2D eigenvalue weighted by Crippen LogP contribution is 2.17. The van der Waals surface area contributed by atoms with Crippen LogP contribution in [0.2, 0.25) is 0 Å². The van der Waals surface area contributed by atoms with Gasteiger partial charge in [-0.05, 0) is 5.56 Å². The van der Waals surface area contributed by atoms with Gasteiger partial charge in [0, 0.05) is 29.8 Å². The fourth-order valence-electron chi connectivity index (χ4n) is 2.38. The van der Waals surface area contributed by atoms with E-state index in [1.165, 1.54) is 11.9 Å². The minimum absolute atomic E-state index is 0.603. The normalized spacial score (nSPS) is 10.8. The van der Waals surface area contributed by atoms with E-state index in [1.807, 2.05) is 24.4 Å². The maximum atomic E-state index is 4.69. The third-order valence-electron chi connectivity index (χ3n) is 3.52. The third-order valence-corrected chi connectivity index (χ3v) is 4.41. The van der Waals surface area contributed by atoms with Crippen LogP contribution in [0.25, 0.3) is 11.3 Å². The quantitative estimate of drug-likeness (QED) is 0.561. The Kier molecular flexibility index (Phi) is 4.07. The Morgan fingerprint density at radius 2 is 1.88 bits per heavy atom. The van der Waals surface area contributed by atoms with Crippen LogP contribution < -0.4 is 0 Å². The summed E-state index contributed by atoms with van der Waals surface area (Å²) in [4.78, 5) is 12.7. The van der Waals surface area contributed by atoms with Gasteiger partial charge in [-0.15, -0.1) is 16.4 Å². The number of aromatic nitrogens is 6. The molecular formula is C17H14N6S. The summed E-state index contributed by atoms with van der Waals surface area (Å²) in [6.45, 7) is 0.603. The zero-order chi connectivity index (χ0) is 16.2. The first-order valence-electron chi connectivity index (χ1n) is 7.49. The zero-order valence-electron chi connectivity index (χ0n) is 12.8. The highest BCUT2D eigenvalue weighted by molar-refractivity contribution is 7.09. The van der Waals surface area contributed by atoms with Crippen molar-refractivity contribution in [3.63, 3.8) is 0 Å². The van der Waals surface area contributed by atoms with E-state index in [2.05, 4.69) is 42.8 Å². The van der Waals surface area contributed by atoms with Crippen molar-refractivity contribution in [2.45, 2.75) is 13.0 Å². The number of nitrogens with zero attached hydrogens (tertiary/aromatic N) is 6. The molecule has 24 heavy (non-hydrogen) atoms. The van der Waals surface area contributed by atoms with Crippen LogP contribution in [0.4, 0.5) is 0 Å². The second-order valence-electron chi connectivity index (χ2n) is 5.32. The molecule has 0 radical (unpaired) electrons. The maximum Gasteiger partial charge on any atom is 0.116 e. The fraction of sp³-hybridized carbons (Fsp3) is 0.118. The van der Waals surface area contributed by atoms with Gasteiger partial charge in [-0.3, -0.25) is 0 Å². The summed E-state index contributed by atoms with van der Waals surface area (Å²) in [7, 11) is 0. The number of rotatable bonds is 5. The van der Waals surface area contributed by atoms with Crippen molar-refractivity contribution in [1.82, 2.24) is 29.9 Å². The van der Waals surface area contributed by atoms with Gasteiger partial charge in [0.05, 0.1) is 23.4 Å². The summed E-state index contributed by atoms with van der Waals surface area (Å²) in [5, 5.41) is 11.5. The largest absolute Gasteiger partial charge is 0.246 e. The second kappa shape index (κ2) is 6.67. The Morgan fingerprint density at radius 1 is 1.04 bits per heavy atom. The monoisotopic (exact) mass is 334 g/mol.